The Morgan fingerprint density at radius 3 is 2.66 bits per heavy atom. The second kappa shape index (κ2) is 8.58. The van der Waals surface area contributed by atoms with Crippen LogP contribution in [0.3, 0.4) is 0 Å². The predicted molar refractivity (Wildman–Crippen MR) is 124 cm³/mol. The highest BCUT2D eigenvalue weighted by Gasteiger charge is 2.16. The lowest BCUT2D eigenvalue weighted by molar-refractivity contribution is -0.139. The molecule has 0 aliphatic rings. The number of esters is 1. The van der Waals surface area contributed by atoms with Crippen molar-refractivity contribution in [3.05, 3.63) is 60.2 Å². The van der Waals surface area contributed by atoms with E-state index in [9.17, 15) is 4.79 Å². The third kappa shape index (κ3) is 3.80. The number of carbonyl (C=O) groups is 1. The van der Waals surface area contributed by atoms with Crippen LogP contribution in [-0.2, 0) is 22.5 Å². The molecule has 3 aromatic heterocycles. The van der Waals surface area contributed by atoms with Gasteiger partial charge < -0.3 is 9.30 Å². The highest BCUT2D eigenvalue weighted by atomic mass is 32.2. The molecule has 0 aliphatic heterocycles. The molecule has 5 aromatic rings. The number of aryl methyl sites for hydroxylation is 3. The topological polar surface area (TPSA) is 87.2 Å². The molecule has 0 atom stereocenters. The fraction of sp³-hybridized carbons (Fsp3) is 0.261. The summed E-state index contributed by atoms with van der Waals surface area (Å²) < 4.78 is 8.98. The molecular weight excluding hydrogens is 424 g/mol. The Labute approximate surface area is 188 Å². The average Bonchev–Trinajstić information content (AvgIpc) is 3.37. The van der Waals surface area contributed by atoms with E-state index in [0.717, 1.165) is 45.8 Å². The normalized spacial score (nSPS) is 11.6. The van der Waals surface area contributed by atoms with Crippen LogP contribution in [0.15, 0.2) is 53.7 Å². The van der Waals surface area contributed by atoms with Gasteiger partial charge in [0.1, 0.15) is 5.82 Å². The number of para-hydroxylation sites is 3. The van der Waals surface area contributed by atoms with Gasteiger partial charge in [0, 0.05) is 18.4 Å². The molecule has 0 aliphatic carbocycles. The highest BCUT2D eigenvalue weighted by Crippen LogP contribution is 2.24. The molecule has 0 saturated carbocycles. The quantitative estimate of drug-likeness (QED) is 0.213. The second-order valence-corrected chi connectivity index (χ2v) is 8.26. The van der Waals surface area contributed by atoms with Crippen LogP contribution in [-0.4, -0.2) is 47.5 Å². The van der Waals surface area contributed by atoms with Gasteiger partial charge in [-0.1, -0.05) is 36.0 Å². The van der Waals surface area contributed by atoms with Crippen LogP contribution in [0.1, 0.15) is 18.6 Å². The number of hydrogen-bond acceptors (Lipinski definition) is 7. The molecule has 2 aromatic carbocycles. The number of thioether (sulfide) groups is 1. The number of fused-ring (bicyclic) bond motifs is 4. The fourth-order valence-corrected chi connectivity index (χ4v) is 4.53. The summed E-state index contributed by atoms with van der Waals surface area (Å²) in [5.74, 6) is 1.58. The van der Waals surface area contributed by atoms with Gasteiger partial charge in [-0.3, -0.25) is 4.79 Å². The number of nitrogens with zero attached hydrogens (tertiary/aromatic N) is 6. The Kier molecular flexibility index (Phi) is 5.48. The predicted octanol–water partition coefficient (Wildman–Crippen LogP) is 3.83. The fourth-order valence-electron chi connectivity index (χ4n) is 3.79. The summed E-state index contributed by atoms with van der Waals surface area (Å²) in [6.07, 6.45) is 0.652. The Bertz CT molecular complexity index is 1440. The van der Waals surface area contributed by atoms with Crippen molar-refractivity contribution in [2.45, 2.75) is 32.0 Å². The van der Waals surface area contributed by atoms with Crippen molar-refractivity contribution in [3.8, 4) is 0 Å². The maximum Gasteiger partial charge on any atom is 0.316 e. The van der Waals surface area contributed by atoms with E-state index in [-0.39, 0.29) is 11.7 Å². The minimum atomic E-state index is -0.275. The molecule has 8 nitrogen and oxygen atoms in total. The summed E-state index contributed by atoms with van der Waals surface area (Å²) in [5, 5.41) is 6.28. The Hall–Kier alpha value is -3.46. The zero-order valence-electron chi connectivity index (χ0n) is 17.9. The summed E-state index contributed by atoms with van der Waals surface area (Å²) in [5.41, 5.74) is 3.65. The van der Waals surface area contributed by atoms with E-state index in [1.54, 1.807) is 11.4 Å². The van der Waals surface area contributed by atoms with Crippen LogP contribution >= 0.6 is 11.8 Å². The van der Waals surface area contributed by atoms with Crippen LogP contribution in [0.5, 0.6) is 0 Å². The molecule has 0 fully saturated rings. The lowest BCUT2D eigenvalue weighted by Gasteiger charge is -2.06. The van der Waals surface area contributed by atoms with Gasteiger partial charge in [0.15, 0.2) is 16.6 Å². The number of benzene rings is 2. The number of carbonyl (C=O) groups excluding carboxylic acids is 1. The van der Waals surface area contributed by atoms with Gasteiger partial charge in [-0.2, -0.15) is 4.52 Å². The zero-order chi connectivity index (χ0) is 22.1. The Morgan fingerprint density at radius 1 is 1.03 bits per heavy atom. The molecule has 162 valence electrons. The molecule has 32 heavy (non-hydrogen) atoms. The van der Waals surface area contributed by atoms with Crippen LogP contribution in [0, 0.1) is 6.92 Å². The number of hydrogen-bond donors (Lipinski definition) is 0. The van der Waals surface area contributed by atoms with Gasteiger partial charge in [-0.15, -0.1) is 5.10 Å². The first-order chi connectivity index (χ1) is 15.6. The number of ether oxygens (including phenoxy) is 1. The molecule has 0 amide bonds. The smallest absolute Gasteiger partial charge is 0.316 e. The van der Waals surface area contributed by atoms with E-state index in [1.807, 2.05) is 49.4 Å². The summed E-state index contributed by atoms with van der Waals surface area (Å²) in [4.78, 5) is 26.0. The monoisotopic (exact) mass is 446 g/mol. The molecule has 3 heterocycles. The van der Waals surface area contributed by atoms with Crippen LogP contribution < -0.4 is 0 Å². The van der Waals surface area contributed by atoms with E-state index in [4.69, 9.17) is 19.8 Å². The minimum absolute atomic E-state index is 0.170. The molecule has 0 unspecified atom stereocenters. The molecule has 9 heteroatoms. The van der Waals surface area contributed by atoms with Crippen molar-refractivity contribution < 1.29 is 9.53 Å². The van der Waals surface area contributed by atoms with Gasteiger partial charge in [0.25, 0.3) is 0 Å². The van der Waals surface area contributed by atoms with Crippen molar-refractivity contribution in [1.82, 2.24) is 29.1 Å². The molecule has 0 N–H and O–H groups in total. The van der Waals surface area contributed by atoms with Gasteiger partial charge in [0.05, 0.1) is 28.9 Å². The van der Waals surface area contributed by atoms with Gasteiger partial charge in [0.2, 0.25) is 0 Å². The lowest BCUT2D eigenvalue weighted by atomic mass is 10.2. The van der Waals surface area contributed by atoms with Gasteiger partial charge in [-0.05, 0) is 38.1 Å². The first-order valence-corrected chi connectivity index (χ1v) is 11.5. The standard InChI is InChI=1S/C23H22N6O2S/c1-3-31-21(30)14-32-23-25-17-9-5-4-8-16(17)22-26-20(27-29(22)23)12-13-28-15(2)24-18-10-6-7-11-19(18)28/h4-11H,3,12-14H2,1-2H3. The first-order valence-electron chi connectivity index (χ1n) is 10.5. The number of aromatic nitrogens is 6. The number of imidazole rings is 1. The van der Waals surface area contributed by atoms with Crippen molar-refractivity contribution in [1.29, 1.82) is 0 Å². The first kappa shape index (κ1) is 20.4. The van der Waals surface area contributed by atoms with Crippen LogP contribution in [0.2, 0.25) is 0 Å². The molecule has 0 radical (unpaired) electrons. The molecule has 5 rings (SSSR count). The Morgan fingerprint density at radius 2 is 1.81 bits per heavy atom. The Balaban J connectivity index is 1.49. The van der Waals surface area contributed by atoms with Crippen molar-refractivity contribution >= 4 is 45.3 Å². The average molecular weight is 447 g/mol. The van der Waals surface area contributed by atoms with Crippen molar-refractivity contribution in [2.24, 2.45) is 0 Å². The largest absolute Gasteiger partial charge is 0.465 e. The van der Waals surface area contributed by atoms with Gasteiger partial charge >= 0.3 is 5.97 Å². The summed E-state index contributed by atoms with van der Waals surface area (Å²) in [6.45, 7) is 4.89. The SMILES string of the molecule is CCOC(=O)CSc1nc2ccccc2c2nc(CCn3c(C)nc4ccccc43)nn12. The van der Waals surface area contributed by atoms with E-state index < -0.39 is 0 Å². The molecule has 0 saturated heterocycles. The van der Waals surface area contributed by atoms with Crippen molar-refractivity contribution in [3.63, 3.8) is 0 Å². The lowest BCUT2D eigenvalue weighted by Crippen LogP contribution is -2.08. The van der Waals surface area contributed by atoms with Crippen molar-refractivity contribution in [2.75, 3.05) is 12.4 Å². The minimum Gasteiger partial charge on any atom is -0.465 e. The molecular formula is C23H22N6O2S. The summed E-state index contributed by atoms with van der Waals surface area (Å²) in [6, 6.07) is 16.0. The van der Waals surface area contributed by atoms with E-state index in [0.29, 0.717) is 18.2 Å². The second-order valence-electron chi connectivity index (χ2n) is 7.32. The highest BCUT2D eigenvalue weighted by molar-refractivity contribution is 7.99. The van der Waals surface area contributed by atoms with Gasteiger partial charge in [-0.25, -0.2) is 15.0 Å². The summed E-state index contributed by atoms with van der Waals surface area (Å²) >= 11 is 1.31. The van der Waals surface area contributed by atoms with E-state index in [2.05, 4.69) is 15.6 Å². The summed E-state index contributed by atoms with van der Waals surface area (Å²) in [7, 11) is 0. The molecule has 0 bridgehead atoms. The molecule has 0 spiro atoms. The maximum absolute atomic E-state index is 11.9. The third-order valence-corrected chi connectivity index (χ3v) is 6.12. The van der Waals surface area contributed by atoms with E-state index in [1.165, 1.54) is 11.8 Å². The van der Waals surface area contributed by atoms with E-state index >= 15 is 0 Å². The van der Waals surface area contributed by atoms with Crippen LogP contribution in [0.25, 0.3) is 27.6 Å². The maximum atomic E-state index is 11.9. The zero-order valence-corrected chi connectivity index (χ0v) is 18.7. The third-order valence-electron chi connectivity index (χ3n) is 5.22. The number of rotatable bonds is 7. The van der Waals surface area contributed by atoms with Crippen LogP contribution in [0.4, 0.5) is 0 Å².